The molecule has 1 aliphatic rings. The van der Waals surface area contributed by atoms with Crippen LogP contribution < -0.4 is 5.32 Å². The van der Waals surface area contributed by atoms with Crippen molar-refractivity contribution in [2.45, 2.75) is 31.7 Å². The van der Waals surface area contributed by atoms with Crippen LogP contribution in [0.25, 0.3) is 10.6 Å². The molecular formula is C17H16N2O2S2. The van der Waals surface area contributed by atoms with Crippen molar-refractivity contribution >= 4 is 28.6 Å². The second-order valence-corrected chi connectivity index (χ2v) is 7.28. The van der Waals surface area contributed by atoms with Crippen LogP contribution >= 0.6 is 22.7 Å². The van der Waals surface area contributed by atoms with Crippen molar-refractivity contribution < 1.29 is 9.21 Å². The standard InChI is InChI=1S/C17H16N2O2S2/c20-16(19-14-2-1-3-15-13(14)4-6-21-15)8-12-10-23-17(18-12)11-5-7-22-9-11/h4-7,9-10,14H,1-3,8H2,(H,19,20)/t14-/m0/s1. The molecule has 118 valence electrons. The van der Waals surface area contributed by atoms with Gasteiger partial charge in [0.1, 0.15) is 10.8 Å². The molecule has 4 rings (SSSR count). The third-order valence-electron chi connectivity index (χ3n) is 4.05. The van der Waals surface area contributed by atoms with Crippen LogP contribution in [0.4, 0.5) is 0 Å². The van der Waals surface area contributed by atoms with E-state index in [1.54, 1.807) is 28.9 Å². The maximum Gasteiger partial charge on any atom is 0.226 e. The van der Waals surface area contributed by atoms with Crippen molar-refractivity contribution in [2.75, 3.05) is 0 Å². The maximum atomic E-state index is 12.3. The predicted molar refractivity (Wildman–Crippen MR) is 91.7 cm³/mol. The van der Waals surface area contributed by atoms with E-state index in [1.165, 1.54) is 0 Å². The van der Waals surface area contributed by atoms with Crippen LogP contribution in [0.1, 0.15) is 35.9 Å². The number of carbonyl (C=O) groups is 1. The average Bonchev–Trinajstić information content (AvgIpc) is 3.28. The molecule has 1 amide bonds. The van der Waals surface area contributed by atoms with Crippen molar-refractivity contribution in [2.24, 2.45) is 0 Å². The molecule has 23 heavy (non-hydrogen) atoms. The first kappa shape index (κ1) is 14.7. The van der Waals surface area contributed by atoms with Crippen molar-refractivity contribution in [3.63, 3.8) is 0 Å². The third kappa shape index (κ3) is 3.09. The van der Waals surface area contributed by atoms with E-state index >= 15 is 0 Å². The Morgan fingerprint density at radius 2 is 2.35 bits per heavy atom. The molecule has 0 aliphatic heterocycles. The molecule has 0 aromatic carbocycles. The lowest BCUT2D eigenvalue weighted by Crippen LogP contribution is -2.31. The van der Waals surface area contributed by atoms with E-state index in [2.05, 4.69) is 21.7 Å². The topological polar surface area (TPSA) is 55.1 Å². The highest BCUT2D eigenvalue weighted by molar-refractivity contribution is 7.14. The second-order valence-electron chi connectivity index (χ2n) is 5.64. The summed E-state index contributed by atoms with van der Waals surface area (Å²) in [6.07, 6.45) is 5.01. The summed E-state index contributed by atoms with van der Waals surface area (Å²) < 4.78 is 5.47. The summed E-state index contributed by atoms with van der Waals surface area (Å²) in [7, 11) is 0. The number of fused-ring (bicyclic) bond motifs is 1. The van der Waals surface area contributed by atoms with Crippen molar-refractivity contribution in [1.82, 2.24) is 10.3 Å². The number of nitrogens with one attached hydrogen (secondary N) is 1. The molecule has 4 nitrogen and oxygen atoms in total. The first-order chi connectivity index (χ1) is 11.3. The molecule has 1 atom stereocenters. The SMILES string of the molecule is O=C(Cc1csc(-c2ccsc2)n1)N[C@H]1CCCc2occc21. The number of carbonyl (C=O) groups excluding carboxylic acids is 1. The van der Waals surface area contributed by atoms with Crippen LogP contribution in [0, 0.1) is 0 Å². The van der Waals surface area contributed by atoms with E-state index in [9.17, 15) is 4.79 Å². The van der Waals surface area contributed by atoms with Gasteiger partial charge in [0.2, 0.25) is 5.91 Å². The quantitative estimate of drug-likeness (QED) is 0.772. The Kier molecular flexibility index (Phi) is 4.01. The van der Waals surface area contributed by atoms with Gasteiger partial charge in [-0.3, -0.25) is 4.79 Å². The van der Waals surface area contributed by atoms with Gasteiger partial charge in [0.05, 0.1) is 24.4 Å². The van der Waals surface area contributed by atoms with Crippen LogP contribution in [0.15, 0.2) is 39.0 Å². The molecule has 6 heteroatoms. The zero-order chi connectivity index (χ0) is 15.6. The summed E-state index contributed by atoms with van der Waals surface area (Å²) in [6, 6.07) is 4.09. The smallest absolute Gasteiger partial charge is 0.226 e. The predicted octanol–water partition coefficient (Wildman–Crippen LogP) is 4.20. The number of furan rings is 1. The normalized spacial score (nSPS) is 17.0. The number of thiophene rings is 1. The molecule has 0 unspecified atom stereocenters. The van der Waals surface area contributed by atoms with E-state index in [1.807, 2.05) is 16.8 Å². The van der Waals surface area contributed by atoms with Gasteiger partial charge in [0.15, 0.2) is 0 Å². The van der Waals surface area contributed by atoms with Crippen LogP contribution in [-0.2, 0) is 17.6 Å². The van der Waals surface area contributed by atoms with E-state index < -0.39 is 0 Å². The lowest BCUT2D eigenvalue weighted by atomic mass is 9.93. The van der Waals surface area contributed by atoms with E-state index in [0.717, 1.165) is 46.9 Å². The number of aryl methyl sites for hydroxylation is 1. The minimum absolute atomic E-state index is 0.0196. The van der Waals surface area contributed by atoms with Gasteiger partial charge in [-0.05, 0) is 30.4 Å². The van der Waals surface area contributed by atoms with Gasteiger partial charge in [0.25, 0.3) is 0 Å². The van der Waals surface area contributed by atoms with Gasteiger partial charge in [-0.2, -0.15) is 11.3 Å². The molecule has 0 saturated heterocycles. The average molecular weight is 344 g/mol. The van der Waals surface area contributed by atoms with Gasteiger partial charge in [-0.25, -0.2) is 4.98 Å². The molecule has 0 radical (unpaired) electrons. The summed E-state index contributed by atoms with van der Waals surface area (Å²) in [5.41, 5.74) is 3.08. The molecule has 0 fully saturated rings. The number of thiazole rings is 1. The zero-order valence-electron chi connectivity index (χ0n) is 12.5. The van der Waals surface area contributed by atoms with E-state index in [0.29, 0.717) is 6.42 Å². The van der Waals surface area contributed by atoms with Crippen LogP contribution in [-0.4, -0.2) is 10.9 Å². The number of amides is 1. The minimum atomic E-state index is 0.0196. The number of hydrogen-bond acceptors (Lipinski definition) is 5. The fraction of sp³-hybridized carbons (Fsp3) is 0.294. The molecule has 1 aliphatic carbocycles. The molecule has 3 aromatic rings. The highest BCUT2D eigenvalue weighted by Gasteiger charge is 2.24. The molecule has 1 N–H and O–H groups in total. The zero-order valence-corrected chi connectivity index (χ0v) is 14.1. The molecule has 0 saturated carbocycles. The molecular weight excluding hydrogens is 328 g/mol. The van der Waals surface area contributed by atoms with Gasteiger partial charge in [-0.15, -0.1) is 11.3 Å². The highest BCUT2D eigenvalue weighted by Crippen LogP contribution is 2.30. The minimum Gasteiger partial charge on any atom is -0.469 e. The van der Waals surface area contributed by atoms with Crippen LogP contribution in [0.2, 0.25) is 0 Å². The van der Waals surface area contributed by atoms with Crippen LogP contribution in [0.5, 0.6) is 0 Å². The van der Waals surface area contributed by atoms with Gasteiger partial charge >= 0.3 is 0 Å². The largest absolute Gasteiger partial charge is 0.469 e. The second kappa shape index (κ2) is 6.29. The number of aromatic nitrogens is 1. The number of nitrogens with zero attached hydrogens (tertiary/aromatic N) is 1. The summed E-state index contributed by atoms with van der Waals surface area (Å²) in [5.74, 6) is 1.03. The Morgan fingerprint density at radius 3 is 3.22 bits per heavy atom. The lowest BCUT2D eigenvalue weighted by molar-refractivity contribution is -0.121. The summed E-state index contributed by atoms with van der Waals surface area (Å²) in [6.45, 7) is 0. The first-order valence-corrected chi connectivity index (χ1v) is 9.44. The Hall–Kier alpha value is -1.92. The van der Waals surface area contributed by atoms with Gasteiger partial charge in [-0.1, -0.05) is 0 Å². The Balaban J connectivity index is 1.41. The first-order valence-electron chi connectivity index (χ1n) is 7.62. The molecule has 3 heterocycles. The van der Waals surface area contributed by atoms with Gasteiger partial charge in [0, 0.05) is 28.3 Å². The molecule has 0 bridgehead atoms. The van der Waals surface area contributed by atoms with E-state index in [4.69, 9.17) is 4.42 Å². The Morgan fingerprint density at radius 1 is 1.39 bits per heavy atom. The van der Waals surface area contributed by atoms with Crippen molar-refractivity contribution in [3.05, 3.63) is 51.6 Å². The molecule has 0 spiro atoms. The number of hydrogen-bond donors (Lipinski definition) is 1. The lowest BCUT2D eigenvalue weighted by Gasteiger charge is -2.22. The molecule has 3 aromatic heterocycles. The summed E-state index contributed by atoms with van der Waals surface area (Å²) in [4.78, 5) is 16.9. The fourth-order valence-electron chi connectivity index (χ4n) is 2.95. The monoisotopic (exact) mass is 344 g/mol. The van der Waals surface area contributed by atoms with Gasteiger partial charge < -0.3 is 9.73 Å². The van der Waals surface area contributed by atoms with Crippen molar-refractivity contribution in [1.29, 1.82) is 0 Å². The summed E-state index contributed by atoms with van der Waals surface area (Å²) >= 11 is 3.24. The Labute approximate surface area is 142 Å². The fourth-order valence-corrected chi connectivity index (χ4v) is 4.48. The highest BCUT2D eigenvalue weighted by atomic mass is 32.1. The maximum absolute atomic E-state index is 12.3. The van der Waals surface area contributed by atoms with Crippen LogP contribution in [0.3, 0.4) is 0 Å². The van der Waals surface area contributed by atoms with E-state index in [-0.39, 0.29) is 11.9 Å². The Bertz CT molecular complexity index is 804. The third-order valence-corrected chi connectivity index (χ3v) is 5.67. The van der Waals surface area contributed by atoms with Crippen molar-refractivity contribution in [3.8, 4) is 10.6 Å². The summed E-state index contributed by atoms with van der Waals surface area (Å²) in [5, 5.41) is 10.2. The number of rotatable bonds is 4.